The maximum absolute atomic E-state index is 12.9. The SMILES string of the molecule is CCOC(=O)c1c(-c2c(C)n(COCC[Si](C)(C)C)c3ncnc(Cl)c23)noc1C1CC1. The first-order valence-electron chi connectivity index (χ1n) is 11.0. The van der Waals surface area contributed by atoms with Crippen molar-refractivity contribution in [1.82, 2.24) is 19.7 Å². The molecule has 3 heterocycles. The molecule has 0 spiro atoms. The van der Waals surface area contributed by atoms with Gasteiger partial charge in [0.2, 0.25) is 0 Å². The van der Waals surface area contributed by atoms with Crippen molar-refractivity contribution in [2.45, 2.75) is 65.0 Å². The number of ether oxygens (including phenoxy) is 2. The molecular formula is C22H29ClN4O4Si. The number of carbonyl (C=O) groups is 1. The van der Waals surface area contributed by atoms with Crippen LogP contribution in [0.3, 0.4) is 0 Å². The molecule has 0 N–H and O–H groups in total. The molecule has 0 amide bonds. The fourth-order valence-corrected chi connectivity index (χ4v) is 4.71. The fourth-order valence-electron chi connectivity index (χ4n) is 3.73. The molecule has 0 aromatic carbocycles. The van der Waals surface area contributed by atoms with Crippen LogP contribution in [-0.2, 0) is 16.2 Å². The predicted molar refractivity (Wildman–Crippen MR) is 125 cm³/mol. The summed E-state index contributed by atoms with van der Waals surface area (Å²) in [5.41, 5.74) is 2.94. The van der Waals surface area contributed by atoms with Crippen molar-refractivity contribution >= 4 is 36.7 Å². The number of rotatable bonds is 9. The molecule has 10 heteroatoms. The molecule has 3 aromatic rings. The van der Waals surface area contributed by atoms with Crippen LogP contribution in [0.2, 0.25) is 30.8 Å². The Morgan fingerprint density at radius 2 is 2.06 bits per heavy atom. The molecule has 1 aliphatic carbocycles. The average Bonchev–Trinajstić information content (AvgIpc) is 3.41. The lowest BCUT2D eigenvalue weighted by molar-refractivity contribution is 0.0524. The fraction of sp³-hybridized carbons (Fsp3) is 0.545. The Labute approximate surface area is 193 Å². The lowest BCUT2D eigenvalue weighted by Crippen LogP contribution is -2.22. The normalized spacial score (nSPS) is 14.3. The van der Waals surface area contributed by atoms with E-state index in [-0.39, 0.29) is 12.5 Å². The minimum Gasteiger partial charge on any atom is -0.462 e. The molecular weight excluding hydrogens is 448 g/mol. The molecule has 4 rings (SSSR count). The van der Waals surface area contributed by atoms with Gasteiger partial charge in [-0.3, -0.25) is 0 Å². The van der Waals surface area contributed by atoms with E-state index in [1.54, 1.807) is 6.92 Å². The standard InChI is InChI=1S/C22H29ClN4O4Si/c1-6-30-22(28)17-18(26-31-19(17)14-7-8-14)15-13(2)27(12-29-9-10-32(3,4)5)21-16(15)20(23)24-11-25-21/h11,14H,6-10,12H2,1-5H3. The highest BCUT2D eigenvalue weighted by Gasteiger charge is 2.37. The zero-order valence-electron chi connectivity index (χ0n) is 19.2. The van der Waals surface area contributed by atoms with Gasteiger partial charge in [0, 0.05) is 31.9 Å². The second-order valence-electron chi connectivity index (χ2n) is 9.36. The van der Waals surface area contributed by atoms with E-state index in [4.69, 9.17) is 25.6 Å². The van der Waals surface area contributed by atoms with E-state index in [0.29, 0.717) is 52.1 Å². The minimum atomic E-state index is -1.20. The van der Waals surface area contributed by atoms with Crippen molar-refractivity contribution in [3.63, 3.8) is 0 Å². The van der Waals surface area contributed by atoms with E-state index in [1.807, 2.05) is 11.5 Å². The number of fused-ring (bicyclic) bond motifs is 1. The summed E-state index contributed by atoms with van der Waals surface area (Å²) >= 11 is 6.52. The average molecular weight is 477 g/mol. The van der Waals surface area contributed by atoms with Crippen LogP contribution >= 0.6 is 11.6 Å². The number of halogens is 1. The van der Waals surface area contributed by atoms with E-state index in [0.717, 1.165) is 24.6 Å². The van der Waals surface area contributed by atoms with Crippen LogP contribution in [0.5, 0.6) is 0 Å². The van der Waals surface area contributed by atoms with Gasteiger partial charge >= 0.3 is 5.97 Å². The lowest BCUT2D eigenvalue weighted by atomic mass is 10.0. The van der Waals surface area contributed by atoms with Gasteiger partial charge in [0.25, 0.3) is 0 Å². The van der Waals surface area contributed by atoms with Gasteiger partial charge < -0.3 is 18.6 Å². The highest BCUT2D eigenvalue weighted by molar-refractivity contribution is 6.76. The van der Waals surface area contributed by atoms with Gasteiger partial charge in [-0.1, -0.05) is 36.4 Å². The summed E-state index contributed by atoms with van der Waals surface area (Å²) in [6, 6.07) is 1.06. The molecule has 1 aliphatic rings. The largest absolute Gasteiger partial charge is 0.462 e. The maximum Gasteiger partial charge on any atom is 0.344 e. The zero-order valence-corrected chi connectivity index (χ0v) is 21.0. The summed E-state index contributed by atoms with van der Waals surface area (Å²) in [6.07, 6.45) is 3.37. The van der Waals surface area contributed by atoms with Crippen LogP contribution < -0.4 is 0 Å². The summed E-state index contributed by atoms with van der Waals surface area (Å²) in [5.74, 6) is 0.337. The van der Waals surface area contributed by atoms with Gasteiger partial charge in [0.1, 0.15) is 35.1 Å². The summed E-state index contributed by atoms with van der Waals surface area (Å²) in [7, 11) is -1.20. The maximum atomic E-state index is 12.9. The molecule has 172 valence electrons. The molecule has 32 heavy (non-hydrogen) atoms. The van der Waals surface area contributed by atoms with Crippen LogP contribution in [0.15, 0.2) is 10.9 Å². The number of hydrogen-bond acceptors (Lipinski definition) is 7. The lowest BCUT2D eigenvalue weighted by Gasteiger charge is -2.16. The second kappa shape index (κ2) is 8.96. The molecule has 1 saturated carbocycles. The van der Waals surface area contributed by atoms with Gasteiger partial charge in [-0.15, -0.1) is 0 Å². The summed E-state index contributed by atoms with van der Waals surface area (Å²) in [5, 5.41) is 5.22. The molecule has 0 unspecified atom stereocenters. The molecule has 1 fully saturated rings. The van der Waals surface area contributed by atoms with E-state index in [1.165, 1.54) is 6.33 Å². The van der Waals surface area contributed by atoms with Gasteiger partial charge in [-0.05, 0) is 32.7 Å². The number of esters is 1. The Bertz CT molecular complexity index is 1150. The first kappa shape index (κ1) is 22.9. The molecule has 0 bridgehead atoms. The summed E-state index contributed by atoms with van der Waals surface area (Å²) in [4.78, 5) is 21.5. The summed E-state index contributed by atoms with van der Waals surface area (Å²) < 4.78 is 18.9. The molecule has 0 radical (unpaired) electrons. The quantitative estimate of drug-likeness (QED) is 0.176. The Kier molecular flexibility index (Phi) is 6.42. The number of hydrogen-bond donors (Lipinski definition) is 0. The molecule has 3 aromatic heterocycles. The minimum absolute atomic E-state index is 0.195. The van der Waals surface area contributed by atoms with Crippen LogP contribution in [0, 0.1) is 6.92 Å². The summed E-state index contributed by atoms with van der Waals surface area (Å²) in [6.45, 7) is 11.9. The Morgan fingerprint density at radius 3 is 2.72 bits per heavy atom. The third-order valence-corrected chi connectivity index (χ3v) is 7.64. The van der Waals surface area contributed by atoms with E-state index in [9.17, 15) is 4.79 Å². The van der Waals surface area contributed by atoms with Crippen molar-refractivity contribution in [2.75, 3.05) is 13.2 Å². The van der Waals surface area contributed by atoms with Crippen LogP contribution in [0.25, 0.3) is 22.3 Å². The van der Waals surface area contributed by atoms with Gasteiger partial charge in [0.05, 0.1) is 12.0 Å². The highest BCUT2D eigenvalue weighted by Crippen LogP contribution is 2.46. The zero-order chi connectivity index (χ0) is 23.0. The number of aromatic nitrogens is 4. The third kappa shape index (κ3) is 4.46. The van der Waals surface area contributed by atoms with E-state index < -0.39 is 14.0 Å². The number of nitrogens with zero attached hydrogens (tertiary/aromatic N) is 4. The van der Waals surface area contributed by atoms with Crippen molar-refractivity contribution in [3.8, 4) is 11.3 Å². The van der Waals surface area contributed by atoms with Crippen molar-refractivity contribution in [2.24, 2.45) is 0 Å². The van der Waals surface area contributed by atoms with Crippen molar-refractivity contribution in [1.29, 1.82) is 0 Å². The van der Waals surface area contributed by atoms with Gasteiger partial charge in [-0.25, -0.2) is 14.8 Å². The highest BCUT2D eigenvalue weighted by atomic mass is 35.5. The van der Waals surface area contributed by atoms with Gasteiger partial charge in [0.15, 0.2) is 5.76 Å². The van der Waals surface area contributed by atoms with Crippen LogP contribution in [-0.4, -0.2) is 46.9 Å². The predicted octanol–water partition coefficient (Wildman–Crippen LogP) is 5.41. The van der Waals surface area contributed by atoms with Crippen LogP contribution in [0.4, 0.5) is 0 Å². The third-order valence-electron chi connectivity index (χ3n) is 5.65. The van der Waals surface area contributed by atoms with Gasteiger partial charge in [-0.2, -0.15) is 0 Å². The monoisotopic (exact) mass is 476 g/mol. The van der Waals surface area contributed by atoms with Crippen molar-refractivity contribution in [3.05, 3.63) is 28.5 Å². The number of carbonyl (C=O) groups excluding carboxylic acids is 1. The first-order chi connectivity index (χ1) is 15.2. The van der Waals surface area contributed by atoms with Crippen molar-refractivity contribution < 1.29 is 18.8 Å². The Hall–Kier alpha value is -2.23. The van der Waals surface area contributed by atoms with E-state index >= 15 is 0 Å². The molecule has 8 nitrogen and oxygen atoms in total. The van der Waals surface area contributed by atoms with Crippen LogP contribution in [0.1, 0.15) is 47.5 Å². The first-order valence-corrected chi connectivity index (χ1v) is 15.1. The Balaban J connectivity index is 1.80. The second-order valence-corrected chi connectivity index (χ2v) is 15.3. The Morgan fingerprint density at radius 1 is 1.31 bits per heavy atom. The molecule has 0 atom stereocenters. The smallest absolute Gasteiger partial charge is 0.344 e. The van der Waals surface area contributed by atoms with E-state index in [2.05, 4.69) is 34.8 Å². The molecule has 0 aliphatic heterocycles. The molecule has 0 saturated heterocycles. The topological polar surface area (TPSA) is 92.3 Å².